The Kier molecular flexibility index (Phi) is 11.0. The van der Waals surface area contributed by atoms with Crippen molar-refractivity contribution in [2.75, 3.05) is 18.4 Å². The van der Waals surface area contributed by atoms with Crippen LogP contribution in [0.4, 0.5) is 15.0 Å². The van der Waals surface area contributed by atoms with Crippen LogP contribution < -0.4 is 10.6 Å². The summed E-state index contributed by atoms with van der Waals surface area (Å²) < 4.78 is 21.6. The molecule has 1 fully saturated rings. The molecule has 3 amide bonds. The van der Waals surface area contributed by atoms with Crippen LogP contribution in [-0.2, 0) is 20.9 Å². The van der Waals surface area contributed by atoms with E-state index in [0.29, 0.717) is 21.1 Å². The molecule has 2 N–H and O–H groups in total. The normalized spacial score (nSPS) is 17.0. The van der Waals surface area contributed by atoms with E-state index in [1.54, 1.807) is 63.4 Å². The maximum absolute atomic E-state index is 14.5. The molecule has 1 saturated heterocycles. The van der Waals surface area contributed by atoms with Crippen molar-refractivity contribution in [1.82, 2.24) is 25.0 Å². The average Bonchev–Trinajstić information content (AvgIpc) is 3.56. The first-order valence-corrected chi connectivity index (χ1v) is 15.5. The Labute approximate surface area is 279 Å². The number of alkyl halides is 1. The number of amides is 3. The number of benzene rings is 1. The number of carbonyl (C=O) groups excluding carboxylic acids is 4. The van der Waals surface area contributed by atoms with Gasteiger partial charge in [0.05, 0.1) is 18.6 Å². The van der Waals surface area contributed by atoms with Gasteiger partial charge in [0, 0.05) is 24.9 Å². The summed E-state index contributed by atoms with van der Waals surface area (Å²) >= 11 is 3.24. The molecule has 1 aromatic carbocycles. The number of hydrogen-bond acceptors (Lipinski definition) is 8. The molecule has 2 atom stereocenters. The Morgan fingerprint density at radius 2 is 1.94 bits per heavy atom. The topological polar surface area (TPSA) is 160 Å². The minimum atomic E-state index is -1.38. The van der Waals surface area contributed by atoms with Crippen LogP contribution in [0.15, 0.2) is 57.2 Å². The van der Waals surface area contributed by atoms with E-state index in [4.69, 9.17) is 4.74 Å². The molecule has 3 heterocycles. The number of carbonyl (C=O) groups is 4. The van der Waals surface area contributed by atoms with Crippen molar-refractivity contribution in [2.45, 2.75) is 65.4 Å². The van der Waals surface area contributed by atoms with E-state index in [-0.39, 0.29) is 49.2 Å². The van der Waals surface area contributed by atoms with Crippen LogP contribution >= 0.6 is 15.9 Å². The van der Waals surface area contributed by atoms with E-state index >= 15 is 0 Å². The van der Waals surface area contributed by atoms with Crippen molar-refractivity contribution in [2.24, 2.45) is 9.98 Å². The molecule has 2 aromatic heterocycles. The summed E-state index contributed by atoms with van der Waals surface area (Å²) in [6, 6.07) is 9.20. The number of hydrogen-bond donors (Lipinski definition) is 2. The highest BCUT2D eigenvalue weighted by molar-refractivity contribution is 9.10. The highest BCUT2D eigenvalue weighted by atomic mass is 79.9. The number of fused-ring (bicyclic) bond motifs is 1. The molecule has 0 saturated carbocycles. The van der Waals surface area contributed by atoms with E-state index in [9.17, 15) is 23.6 Å². The van der Waals surface area contributed by atoms with Gasteiger partial charge in [-0.1, -0.05) is 12.1 Å². The molecule has 248 valence electrons. The number of rotatable bonds is 9. The Morgan fingerprint density at radius 3 is 2.60 bits per heavy atom. The van der Waals surface area contributed by atoms with Gasteiger partial charge in [-0.05, 0) is 85.7 Å². The number of ketones is 1. The SMILES string of the molecule is C=N/C(CNC(=O)OC(C)(C)C)=N\C=C(/C)c1ccc2c(c1)c(C(C)=O)nn2CC(=O)N1C[C@H](F)C[C@H]1C(=O)Nc1cccc(Br)n1. The van der Waals surface area contributed by atoms with Crippen molar-refractivity contribution in [1.29, 1.82) is 0 Å². The highest BCUT2D eigenvalue weighted by Crippen LogP contribution is 2.27. The molecule has 0 aliphatic carbocycles. The quantitative estimate of drug-likeness (QED) is 0.137. The molecule has 0 bridgehead atoms. The molecule has 47 heavy (non-hydrogen) atoms. The summed E-state index contributed by atoms with van der Waals surface area (Å²) in [5.74, 6) is -0.865. The van der Waals surface area contributed by atoms with E-state index in [2.05, 4.69) is 53.3 Å². The summed E-state index contributed by atoms with van der Waals surface area (Å²) in [4.78, 5) is 64.6. The summed E-state index contributed by atoms with van der Waals surface area (Å²) in [6.45, 7) is 11.4. The Bertz CT molecular complexity index is 1780. The van der Waals surface area contributed by atoms with Crippen molar-refractivity contribution in [3.63, 3.8) is 0 Å². The molecule has 0 radical (unpaired) electrons. The Morgan fingerprint density at radius 1 is 1.19 bits per heavy atom. The molecule has 1 aliphatic heterocycles. The maximum Gasteiger partial charge on any atom is 0.408 e. The zero-order chi connectivity index (χ0) is 34.5. The van der Waals surface area contributed by atoms with Crippen molar-refractivity contribution in [3.8, 4) is 0 Å². The number of alkyl carbamates (subject to hydrolysis) is 1. The molecule has 0 spiro atoms. The van der Waals surface area contributed by atoms with Gasteiger partial charge in [0.2, 0.25) is 11.8 Å². The number of nitrogens with one attached hydrogen (secondary N) is 2. The van der Waals surface area contributed by atoms with Gasteiger partial charge in [0.15, 0.2) is 5.78 Å². The van der Waals surface area contributed by atoms with Gasteiger partial charge >= 0.3 is 6.09 Å². The smallest absolute Gasteiger partial charge is 0.408 e. The number of amidine groups is 1. The van der Waals surface area contributed by atoms with Crippen LogP contribution in [0.3, 0.4) is 0 Å². The zero-order valence-corrected chi connectivity index (χ0v) is 28.3. The van der Waals surface area contributed by atoms with E-state index in [1.165, 1.54) is 16.5 Å². The second-order valence-electron chi connectivity index (χ2n) is 11.9. The zero-order valence-electron chi connectivity index (χ0n) is 26.7. The van der Waals surface area contributed by atoms with Crippen molar-refractivity contribution in [3.05, 3.63) is 58.5 Å². The number of anilines is 1. The third-order valence-electron chi connectivity index (χ3n) is 7.04. The lowest BCUT2D eigenvalue weighted by molar-refractivity contribution is -0.137. The summed E-state index contributed by atoms with van der Waals surface area (Å²) in [7, 11) is 0. The van der Waals surface area contributed by atoms with Gasteiger partial charge in [-0.25, -0.2) is 24.2 Å². The summed E-state index contributed by atoms with van der Waals surface area (Å²) in [6.07, 6.45) is -0.587. The largest absolute Gasteiger partial charge is 0.444 e. The van der Waals surface area contributed by atoms with Crippen LogP contribution in [0.1, 0.15) is 57.1 Å². The van der Waals surface area contributed by atoms with Gasteiger partial charge in [0.25, 0.3) is 0 Å². The minimum Gasteiger partial charge on any atom is -0.444 e. The number of allylic oxidation sites excluding steroid dienone is 1. The third kappa shape index (κ3) is 9.15. The minimum absolute atomic E-state index is 0.000124. The van der Waals surface area contributed by atoms with Crippen molar-refractivity contribution < 1.29 is 28.3 Å². The molecule has 0 unspecified atom stereocenters. The number of ether oxygens (including phenoxy) is 1. The predicted octanol–water partition coefficient (Wildman–Crippen LogP) is 4.96. The number of aromatic nitrogens is 3. The second-order valence-corrected chi connectivity index (χ2v) is 12.7. The first-order valence-electron chi connectivity index (χ1n) is 14.7. The van der Waals surface area contributed by atoms with Gasteiger partial charge in [0.1, 0.15) is 46.3 Å². The number of likely N-dealkylation sites (tertiary alicyclic amines) is 1. The summed E-state index contributed by atoms with van der Waals surface area (Å²) in [5.41, 5.74) is 1.44. The van der Waals surface area contributed by atoms with Crippen molar-refractivity contribution >= 4 is 74.5 Å². The maximum atomic E-state index is 14.5. The van der Waals surface area contributed by atoms with E-state index in [0.717, 1.165) is 5.56 Å². The molecule has 3 aromatic rings. The van der Waals surface area contributed by atoms with E-state index in [1.807, 2.05) is 6.92 Å². The lowest BCUT2D eigenvalue weighted by atomic mass is 10.0. The summed E-state index contributed by atoms with van der Waals surface area (Å²) in [5, 5.41) is 10.1. The first kappa shape index (κ1) is 35.1. The van der Waals surface area contributed by atoms with Gasteiger partial charge in [-0.3, -0.25) is 19.1 Å². The number of Topliss-reactive ketones (excluding diaryl/α,β-unsaturated/α-hetero) is 1. The Balaban J connectivity index is 1.53. The van der Waals surface area contributed by atoms with Gasteiger partial charge < -0.3 is 20.3 Å². The predicted molar refractivity (Wildman–Crippen MR) is 180 cm³/mol. The fraction of sp³-hybridized carbons (Fsp3) is 0.375. The van der Waals surface area contributed by atoms with Gasteiger partial charge in [-0.2, -0.15) is 5.10 Å². The van der Waals surface area contributed by atoms with E-state index < -0.39 is 35.7 Å². The standard InChI is InChI=1S/C32H36BrFN8O5/c1-18(14-36-27(35-6)15-37-31(46)47-32(3,4)5)20-10-11-23-22(12-20)29(19(2)43)40-42(23)17-28(44)41-16-21(34)13-24(41)30(45)39-26-9-7-8-25(33)38-26/h7-12,14,21,24H,6,13,15-17H2,1-5H3,(H,37,46)(H,38,39,45)/b18-14+,36-27-/t21-,24+/m1/s1. The number of halogens is 2. The van der Waals surface area contributed by atoms with Gasteiger partial charge in [-0.15, -0.1) is 0 Å². The monoisotopic (exact) mass is 710 g/mol. The molecular weight excluding hydrogens is 675 g/mol. The van der Waals surface area contributed by atoms with Crippen LogP contribution in [-0.4, -0.2) is 86.8 Å². The lowest BCUT2D eigenvalue weighted by Gasteiger charge is -2.23. The van der Waals surface area contributed by atoms with Crippen LogP contribution in [0.2, 0.25) is 0 Å². The third-order valence-corrected chi connectivity index (χ3v) is 7.48. The number of pyridine rings is 1. The molecular formula is C32H36BrFN8O5. The molecule has 4 rings (SSSR count). The Hall–Kier alpha value is -4.79. The van der Waals surface area contributed by atoms with Crippen LogP contribution in [0.5, 0.6) is 0 Å². The van der Waals surface area contributed by atoms with Crippen LogP contribution in [0.25, 0.3) is 16.5 Å². The fourth-order valence-electron chi connectivity index (χ4n) is 4.87. The first-order chi connectivity index (χ1) is 22.1. The average molecular weight is 712 g/mol. The number of nitrogens with zero attached hydrogens (tertiary/aromatic N) is 6. The molecule has 15 heteroatoms. The molecule has 1 aliphatic rings. The number of aliphatic imine (C=N–C) groups is 2. The lowest BCUT2D eigenvalue weighted by Crippen LogP contribution is -2.44. The molecule has 13 nitrogen and oxygen atoms in total. The highest BCUT2D eigenvalue weighted by Gasteiger charge is 2.40. The second kappa shape index (κ2) is 14.8. The van der Waals surface area contributed by atoms with Crippen LogP contribution in [0, 0.1) is 0 Å². The fourth-order valence-corrected chi connectivity index (χ4v) is 5.22.